The lowest BCUT2D eigenvalue weighted by Gasteiger charge is -2.34. The summed E-state index contributed by atoms with van der Waals surface area (Å²) in [5, 5.41) is 0. The minimum Gasteiger partial charge on any atom is -0.456 e. The quantitative estimate of drug-likeness (QED) is 0.585. The first-order valence-electron chi connectivity index (χ1n) is 6.20. The highest BCUT2D eigenvalue weighted by Gasteiger charge is 2.66. The second-order valence-electron chi connectivity index (χ2n) is 5.95. The van der Waals surface area contributed by atoms with E-state index in [4.69, 9.17) is 18.9 Å². The van der Waals surface area contributed by atoms with E-state index in [0.29, 0.717) is 12.8 Å². The molecule has 3 heterocycles. The number of rotatable bonds is 0. The number of esters is 1. The van der Waals surface area contributed by atoms with Crippen molar-refractivity contribution in [2.45, 2.75) is 68.9 Å². The van der Waals surface area contributed by atoms with Gasteiger partial charge in [0.25, 0.3) is 0 Å². The van der Waals surface area contributed by atoms with Crippen molar-refractivity contribution in [2.24, 2.45) is 0 Å². The maximum atomic E-state index is 11.4. The van der Waals surface area contributed by atoms with Crippen LogP contribution in [0.15, 0.2) is 0 Å². The highest BCUT2D eigenvalue weighted by atomic mass is 16.8. The minimum absolute atomic E-state index is 0.00799. The normalized spacial score (nSPS) is 54.4. The Labute approximate surface area is 99.3 Å². The molecular formula is C12H16O5. The van der Waals surface area contributed by atoms with Gasteiger partial charge in [-0.25, -0.2) is 0 Å². The van der Waals surface area contributed by atoms with Crippen LogP contribution in [-0.4, -0.2) is 41.8 Å². The Bertz CT molecular complexity index is 392. The summed E-state index contributed by atoms with van der Waals surface area (Å²) in [6.07, 6.45) is 1.71. The van der Waals surface area contributed by atoms with Crippen LogP contribution >= 0.6 is 0 Å². The molecule has 1 aliphatic carbocycles. The molecule has 1 spiro atoms. The summed E-state index contributed by atoms with van der Waals surface area (Å²) in [6, 6.07) is 0. The number of hydrogen-bond donors (Lipinski definition) is 0. The topological polar surface area (TPSA) is 54.0 Å². The van der Waals surface area contributed by atoms with Crippen LogP contribution in [-0.2, 0) is 23.7 Å². The first kappa shape index (κ1) is 10.3. The van der Waals surface area contributed by atoms with Gasteiger partial charge in [-0.15, -0.1) is 0 Å². The van der Waals surface area contributed by atoms with E-state index in [1.54, 1.807) is 0 Å². The van der Waals surface area contributed by atoms with Gasteiger partial charge in [0.15, 0.2) is 5.79 Å². The Morgan fingerprint density at radius 1 is 1.18 bits per heavy atom. The van der Waals surface area contributed by atoms with Gasteiger partial charge in [0, 0.05) is 12.8 Å². The van der Waals surface area contributed by atoms with Gasteiger partial charge in [0.05, 0.1) is 18.6 Å². The van der Waals surface area contributed by atoms with Crippen molar-refractivity contribution in [3.8, 4) is 0 Å². The Balaban J connectivity index is 1.66. The molecule has 3 aliphatic heterocycles. The van der Waals surface area contributed by atoms with Gasteiger partial charge in [-0.2, -0.15) is 0 Å². The van der Waals surface area contributed by atoms with E-state index < -0.39 is 11.4 Å². The zero-order valence-corrected chi connectivity index (χ0v) is 9.97. The number of carbonyl (C=O) groups excluding carboxylic acids is 1. The molecule has 3 unspecified atom stereocenters. The second-order valence-corrected chi connectivity index (χ2v) is 5.95. The van der Waals surface area contributed by atoms with Crippen LogP contribution in [0, 0.1) is 0 Å². The molecule has 0 aromatic heterocycles. The summed E-state index contributed by atoms with van der Waals surface area (Å²) in [6.45, 7) is 3.82. The lowest BCUT2D eigenvalue weighted by Crippen LogP contribution is -2.47. The molecule has 94 valence electrons. The van der Waals surface area contributed by atoms with Gasteiger partial charge in [0.1, 0.15) is 17.8 Å². The maximum Gasteiger partial charge on any atom is 0.309 e. The maximum absolute atomic E-state index is 11.4. The molecule has 0 radical (unpaired) electrons. The first-order valence-corrected chi connectivity index (χ1v) is 6.20. The van der Waals surface area contributed by atoms with Crippen molar-refractivity contribution in [3.63, 3.8) is 0 Å². The molecule has 0 amide bonds. The van der Waals surface area contributed by atoms with E-state index in [2.05, 4.69) is 0 Å². The van der Waals surface area contributed by atoms with Crippen LogP contribution in [0.25, 0.3) is 0 Å². The highest BCUT2D eigenvalue weighted by Crippen LogP contribution is 2.53. The molecule has 4 rings (SSSR count). The summed E-state index contributed by atoms with van der Waals surface area (Å²) in [5.74, 6) is -0.706. The van der Waals surface area contributed by atoms with E-state index in [9.17, 15) is 4.79 Å². The fourth-order valence-electron chi connectivity index (χ4n) is 3.74. The van der Waals surface area contributed by atoms with Gasteiger partial charge in [-0.05, 0) is 13.8 Å². The summed E-state index contributed by atoms with van der Waals surface area (Å²) < 4.78 is 23.2. The van der Waals surface area contributed by atoms with Crippen LogP contribution in [0.4, 0.5) is 0 Å². The van der Waals surface area contributed by atoms with Crippen molar-refractivity contribution >= 4 is 5.97 Å². The van der Waals surface area contributed by atoms with E-state index in [0.717, 1.165) is 6.42 Å². The molecule has 0 N–H and O–H groups in total. The Morgan fingerprint density at radius 2 is 1.94 bits per heavy atom. The van der Waals surface area contributed by atoms with Crippen molar-refractivity contribution in [2.75, 3.05) is 0 Å². The predicted molar refractivity (Wildman–Crippen MR) is 55.2 cm³/mol. The van der Waals surface area contributed by atoms with Crippen LogP contribution in [0.2, 0.25) is 0 Å². The summed E-state index contributed by atoms with van der Waals surface area (Å²) in [5.41, 5.74) is -0.438. The van der Waals surface area contributed by atoms with Crippen molar-refractivity contribution in [1.82, 2.24) is 0 Å². The first-order chi connectivity index (χ1) is 7.97. The van der Waals surface area contributed by atoms with Crippen molar-refractivity contribution < 1.29 is 23.7 Å². The standard InChI is InChI=1S/C12H16O5/c1-11(2)15-7-5-12-4-6(10(7)17-11)14-8(12)3-9(13)16-12/h6-8,10H,3-5H2,1-2H3/t6-,7?,8?,10+,12?/m1/s1. The van der Waals surface area contributed by atoms with Gasteiger partial charge >= 0.3 is 5.97 Å². The van der Waals surface area contributed by atoms with Crippen molar-refractivity contribution in [1.29, 1.82) is 0 Å². The zero-order valence-electron chi connectivity index (χ0n) is 9.97. The third kappa shape index (κ3) is 1.27. The molecule has 1 saturated carbocycles. The smallest absolute Gasteiger partial charge is 0.309 e. The van der Waals surface area contributed by atoms with E-state index in [-0.39, 0.29) is 30.4 Å². The molecule has 5 atom stereocenters. The van der Waals surface area contributed by atoms with E-state index in [1.165, 1.54) is 0 Å². The zero-order chi connectivity index (χ0) is 11.8. The molecule has 0 aromatic rings. The third-order valence-electron chi connectivity index (χ3n) is 4.28. The summed E-state index contributed by atoms with van der Waals surface area (Å²) >= 11 is 0. The Kier molecular flexibility index (Phi) is 1.72. The third-order valence-corrected chi connectivity index (χ3v) is 4.28. The fourth-order valence-corrected chi connectivity index (χ4v) is 3.74. The average molecular weight is 240 g/mol. The van der Waals surface area contributed by atoms with E-state index >= 15 is 0 Å². The molecule has 5 heteroatoms. The molecular weight excluding hydrogens is 224 g/mol. The molecule has 4 aliphatic rings. The Hall–Kier alpha value is -0.650. The van der Waals surface area contributed by atoms with Gasteiger partial charge in [-0.3, -0.25) is 4.79 Å². The van der Waals surface area contributed by atoms with Crippen LogP contribution < -0.4 is 0 Å². The number of fused-ring (bicyclic) bond motifs is 3. The SMILES string of the molecule is CC1(C)OC2CC34C[C@@H](OC3CC(=O)O4)[C@@H]2O1. The molecule has 4 fully saturated rings. The number of carbonyl (C=O) groups is 1. The second kappa shape index (κ2) is 2.84. The van der Waals surface area contributed by atoms with Gasteiger partial charge in [0.2, 0.25) is 0 Å². The van der Waals surface area contributed by atoms with Gasteiger partial charge < -0.3 is 18.9 Å². The lowest BCUT2D eigenvalue weighted by molar-refractivity contribution is -0.162. The average Bonchev–Trinajstić information content (AvgIpc) is 2.72. The highest BCUT2D eigenvalue weighted by molar-refractivity contribution is 5.73. The molecule has 17 heavy (non-hydrogen) atoms. The molecule has 0 aromatic carbocycles. The Morgan fingerprint density at radius 3 is 2.76 bits per heavy atom. The molecule has 3 saturated heterocycles. The van der Waals surface area contributed by atoms with Crippen LogP contribution in [0.3, 0.4) is 0 Å². The number of ether oxygens (including phenoxy) is 4. The summed E-state index contributed by atoms with van der Waals surface area (Å²) in [7, 11) is 0. The minimum atomic E-state index is -0.558. The molecule has 2 bridgehead atoms. The van der Waals surface area contributed by atoms with Crippen LogP contribution in [0.1, 0.15) is 33.1 Å². The lowest BCUT2D eigenvalue weighted by atomic mass is 9.80. The largest absolute Gasteiger partial charge is 0.456 e. The van der Waals surface area contributed by atoms with E-state index in [1.807, 2.05) is 13.8 Å². The molecule has 5 nitrogen and oxygen atoms in total. The predicted octanol–water partition coefficient (Wildman–Crippen LogP) is 0.753. The fraction of sp³-hybridized carbons (Fsp3) is 0.917. The number of hydrogen-bond acceptors (Lipinski definition) is 5. The van der Waals surface area contributed by atoms with Crippen LogP contribution in [0.5, 0.6) is 0 Å². The van der Waals surface area contributed by atoms with Gasteiger partial charge in [-0.1, -0.05) is 0 Å². The van der Waals surface area contributed by atoms with Crippen molar-refractivity contribution in [3.05, 3.63) is 0 Å². The summed E-state index contributed by atoms with van der Waals surface area (Å²) in [4.78, 5) is 11.4. The monoisotopic (exact) mass is 240 g/mol.